The number of ether oxygens (including phenoxy) is 2. The van der Waals surface area contributed by atoms with Crippen LogP contribution < -0.4 is 15.5 Å². The molecule has 2 aromatic rings. The zero-order valence-corrected chi connectivity index (χ0v) is 15.6. The number of carbonyl (C=O) groups is 1. The highest BCUT2D eigenvalue weighted by Gasteiger charge is 2.19. The molecule has 0 bridgehead atoms. The smallest absolute Gasteiger partial charge is 0.324 e. The number of urea groups is 1. The van der Waals surface area contributed by atoms with E-state index in [1.807, 2.05) is 15.8 Å². The number of hydrogen-bond acceptors (Lipinski definition) is 5. The molecule has 9 heteroatoms. The van der Waals surface area contributed by atoms with Gasteiger partial charge in [0.25, 0.3) is 0 Å². The average Bonchev–Trinajstić information content (AvgIpc) is 3.19. The van der Waals surface area contributed by atoms with Gasteiger partial charge in [0, 0.05) is 38.6 Å². The van der Waals surface area contributed by atoms with Crippen molar-refractivity contribution < 1.29 is 18.7 Å². The average molecular weight is 389 g/mol. The number of amides is 2. The Hall–Kier alpha value is -2.65. The summed E-state index contributed by atoms with van der Waals surface area (Å²) in [6.45, 7) is 3.90. The fourth-order valence-electron chi connectivity index (χ4n) is 3.50. The quantitative estimate of drug-likeness (QED) is 0.841. The summed E-state index contributed by atoms with van der Waals surface area (Å²) < 4.78 is 26.3. The number of nitrogens with zero attached hydrogens (tertiary/aromatic N) is 3. The highest BCUT2D eigenvalue weighted by molar-refractivity contribution is 6.01. The van der Waals surface area contributed by atoms with Crippen molar-refractivity contribution in [1.82, 2.24) is 9.78 Å². The van der Waals surface area contributed by atoms with E-state index in [1.165, 1.54) is 12.1 Å². The summed E-state index contributed by atoms with van der Waals surface area (Å²) in [5.74, 6) is 0.127. The summed E-state index contributed by atoms with van der Waals surface area (Å²) in [5.41, 5.74) is 1.19. The number of aromatic nitrogens is 2. The van der Waals surface area contributed by atoms with Crippen LogP contribution in [0.15, 0.2) is 30.5 Å². The van der Waals surface area contributed by atoms with Gasteiger partial charge in [0.1, 0.15) is 5.82 Å². The lowest BCUT2D eigenvalue weighted by Gasteiger charge is -2.30. The Kier molecular flexibility index (Phi) is 5.73. The van der Waals surface area contributed by atoms with Crippen LogP contribution in [-0.2, 0) is 9.47 Å². The number of halogens is 1. The van der Waals surface area contributed by atoms with E-state index in [2.05, 4.69) is 15.7 Å². The molecule has 4 rings (SSSR count). The normalized spacial score (nSPS) is 18.1. The third-order valence-corrected chi connectivity index (χ3v) is 4.97. The first-order valence-corrected chi connectivity index (χ1v) is 9.52. The molecular formula is C19H24FN5O3. The SMILES string of the molecule is O=C(Nc1ccn(C2CCOCC2)n1)Nc1ccc(F)cc1N1CCOCC1. The summed E-state index contributed by atoms with van der Waals surface area (Å²) in [7, 11) is 0. The summed E-state index contributed by atoms with van der Waals surface area (Å²) in [4.78, 5) is 14.5. The molecular weight excluding hydrogens is 365 g/mol. The maximum atomic E-state index is 13.8. The van der Waals surface area contributed by atoms with Crippen LogP contribution in [0.2, 0.25) is 0 Å². The van der Waals surface area contributed by atoms with Gasteiger partial charge in [-0.2, -0.15) is 5.10 Å². The molecule has 0 aliphatic carbocycles. The fourth-order valence-corrected chi connectivity index (χ4v) is 3.50. The van der Waals surface area contributed by atoms with Crippen molar-refractivity contribution in [2.24, 2.45) is 0 Å². The molecule has 8 nitrogen and oxygen atoms in total. The molecule has 1 aromatic heterocycles. The van der Waals surface area contributed by atoms with Crippen LogP contribution in [0.1, 0.15) is 18.9 Å². The van der Waals surface area contributed by atoms with Crippen LogP contribution in [0.25, 0.3) is 0 Å². The molecule has 28 heavy (non-hydrogen) atoms. The van der Waals surface area contributed by atoms with Crippen molar-refractivity contribution >= 4 is 23.2 Å². The van der Waals surface area contributed by atoms with E-state index in [0.29, 0.717) is 43.5 Å². The van der Waals surface area contributed by atoms with E-state index in [9.17, 15) is 9.18 Å². The molecule has 0 atom stereocenters. The van der Waals surface area contributed by atoms with Crippen LogP contribution in [-0.4, -0.2) is 55.3 Å². The second-order valence-electron chi connectivity index (χ2n) is 6.86. The van der Waals surface area contributed by atoms with E-state index < -0.39 is 6.03 Å². The van der Waals surface area contributed by atoms with Gasteiger partial charge in [-0.25, -0.2) is 9.18 Å². The molecule has 2 fully saturated rings. The number of morpholine rings is 1. The van der Waals surface area contributed by atoms with Crippen LogP contribution in [0.5, 0.6) is 0 Å². The topological polar surface area (TPSA) is 80.7 Å². The molecule has 0 spiro atoms. The van der Waals surface area contributed by atoms with Gasteiger partial charge in [0.05, 0.1) is 30.6 Å². The summed E-state index contributed by atoms with van der Waals surface area (Å²) in [6, 6.07) is 5.97. The van der Waals surface area contributed by atoms with Gasteiger partial charge < -0.3 is 19.7 Å². The Balaban J connectivity index is 1.42. The second kappa shape index (κ2) is 8.57. The third kappa shape index (κ3) is 4.42. The van der Waals surface area contributed by atoms with Gasteiger partial charge in [0.2, 0.25) is 0 Å². The van der Waals surface area contributed by atoms with Crippen molar-refractivity contribution in [1.29, 1.82) is 0 Å². The summed E-state index contributed by atoms with van der Waals surface area (Å²) in [5, 5.41) is 9.99. The Morgan fingerprint density at radius 1 is 1.07 bits per heavy atom. The maximum absolute atomic E-state index is 13.8. The van der Waals surface area contributed by atoms with Gasteiger partial charge in [-0.15, -0.1) is 0 Å². The first kappa shape index (κ1) is 18.7. The van der Waals surface area contributed by atoms with E-state index in [1.54, 1.807) is 12.1 Å². The van der Waals surface area contributed by atoms with Crippen LogP contribution in [0, 0.1) is 5.82 Å². The minimum absolute atomic E-state index is 0.289. The first-order valence-electron chi connectivity index (χ1n) is 9.52. The van der Waals surface area contributed by atoms with E-state index in [4.69, 9.17) is 9.47 Å². The Labute approximate surface area is 162 Å². The molecule has 0 radical (unpaired) electrons. The molecule has 2 saturated heterocycles. The number of nitrogens with one attached hydrogen (secondary N) is 2. The molecule has 3 heterocycles. The van der Waals surface area contributed by atoms with Crippen molar-refractivity contribution in [3.63, 3.8) is 0 Å². The van der Waals surface area contributed by atoms with E-state index in [0.717, 1.165) is 26.1 Å². The number of hydrogen-bond donors (Lipinski definition) is 2. The second-order valence-corrected chi connectivity index (χ2v) is 6.86. The van der Waals surface area contributed by atoms with Crippen molar-refractivity contribution in [3.8, 4) is 0 Å². The number of benzene rings is 1. The van der Waals surface area contributed by atoms with Crippen LogP contribution in [0.3, 0.4) is 0 Å². The predicted molar refractivity (Wildman–Crippen MR) is 103 cm³/mol. The van der Waals surface area contributed by atoms with Gasteiger partial charge >= 0.3 is 6.03 Å². The van der Waals surface area contributed by atoms with Gasteiger partial charge in [-0.3, -0.25) is 10.00 Å². The zero-order chi connectivity index (χ0) is 19.3. The first-order chi connectivity index (χ1) is 13.7. The number of rotatable bonds is 4. The monoisotopic (exact) mass is 389 g/mol. The van der Waals surface area contributed by atoms with Crippen molar-refractivity contribution in [2.75, 3.05) is 55.1 Å². The Morgan fingerprint density at radius 2 is 1.82 bits per heavy atom. The standard InChI is InChI=1S/C19H24FN5O3/c20-14-1-2-16(17(13-14)24-7-11-28-12-8-24)21-19(26)22-18-3-6-25(23-18)15-4-9-27-10-5-15/h1-3,6,13,15H,4-5,7-12H2,(H2,21,22,23,26). The van der Waals surface area contributed by atoms with Gasteiger partial charge in [0.15, 0.2) is 5.82 Å². The molecule has 0 saturated carbocycles. The van der Waals surface area contributed by atoms with Crippen molar-refractivity contribution in [3.05, 3.63) is 36.3 Å². The minimum atomic E-state index is -0.418. The lowest BCUT2D eigenvalue weighted by molar-refractivity contribution is 0.0663. The molecule has 2 amide bonds. The highest BCUT2D eigenvalue weighted by atomic mass is 19.1. The number of carbonyl (C=O) groups excluding carboxylic acids is 1. The highest BCUT2D eigenvalue weighted by Crippen LogP contribution is 2.28. The maximum Gasteiger partial charge on any atom is 0.324 e. The Bertz CT molecular complexity index is 816. The zero-order valence-electron chi connectivity index (χ0n) is 15.6. The molecule has 0 unspecified atom stereocenters. The lowest BCUT2D eigenvalue weighted by atomic mass is 10.1. The largest absolute Gasteiger partial charge is 0.381 e. The van der Waals surface area contributed by atoms with E-state index >= 15 is 0 Å². The molecule has 150 valence electrons. The minimum Gasteiger partial charge on any atom is -0.381 e. The molecule has 2 aliphatic rings. The summed E-state index contributed by atoms with van der Waals surface area (Å²) >= 11 is 0. The molecule has 2 aliphatic heterocycles. The summed E-state index contributed by atoms with van der Waals surface area (Å²) in [6.07, 6.45) is 3.68. The predicted octanol–water partition coefficient (Wildman–Crippen LogP) is 2.85. The fraction of sp³-hybridized carbons (Fsp3) is 0.474. The Morgan fingerprint density at radius 3 is 2.61 bits per heavy atom. The molecule has 2 N–H and O–H groups in total. The molecule has 1 aromatic carbocycles. The van der Waals surface area contributed by atoms with Crippen LogP contribution >= 0.6 is 0 Å². The number of anilines is 3. The third-order valence-electron chi connectivity index (χ3n) is 4.97. The lowest BCUT2D eigenvalue weighted by Crippen LogP contribution is -2.37. The van der Waals surface area contributed by atoms with Crippen LogP contribution in [0.4, 0.5) is 26.4 Å². The van der Waals surface area contributed by atoms with Gasteiger partial charge in [-0.1, -0.05) is 0 Å². The van der Waals surface area contributed by atoms with E-state index in [-0.39, 0.29) is 11.9 Å². The van der Waals surface area contributed by atoms with Crippen molar-refractivity contribution in [2.45, 2.75) is 18.9 Å². The van der Waals surface area contributed by atoms with Gasteiger partial charge in [-0.05, 0) is 31.0 Å².